The first-order chi connectivity index (χ1) is 9.58. The van der Waals surface area contributed by atoms with Crippen molar-refractivity contribution in [2.24, 2.45) is 0 Å². The van der Waals surface area contributed by atoms with E-state index < -0.39 is 0 Å². The summed E-state index contributed by atoms with van der Waals surface area (Å²) in [6, 6.07) is 3.89. The summed E-state index contributed by atoms with van der Waals surface area (Å²) in [6.07, 6.45) is 2.82. The van der Waals surface area contributed by atoms with E-state index in [9.17, 15) is 9.59 Å². The number of rotatable bonds is 5. The molecule has 0 fully saturated rings. The zero-order valence-corrected chi connectivity index (χ0v) is 12.6. The molecule has 5 nitrogen and oxygen atoms in total. The van der Waals surface area contributed by atoms with Crippen LogP contribution in [0.5, 0.6) is 0 Å². The second-order valence-corrected chi connectivity index (χ2v) is 5.95. The molecule has 1 aliphatic rings. The van der Waals surface area contributed by atoms with E-state index in [0.29, 0.717) is 25.1 Å². The normalized spacial score (nSPS) is 14.3. The van der Waals surface area contributed by atoms with Crippen molar-refractivity contribution in [3.05, 3.63) is 18.3 Å². The monoisotopic (exact) mass is 293 g/mol. The highest BCUT2D eigenvalue weighted by Gasteiger charge is 2.24. The maximum absolute atomic E-state index is 12.0. The molecule has 20 heavy (non-hydrogen) atoms. The van der Waals surface area contributed by atoms with Crippen LogP contribution in [0.25, 0.3) is 0 Å². The van der Waals surface area contributed by atoms with Gasteiger partial charge in [0.05, 0.1) is 11.4 Å². The van der Waals surface area contributed by atoms with Crippen molar-refractivity contribution in [3.8, 4) is 0 Å². The number of hydrogen-bond acceptors (Lipinski definition) is 4. The Bertz CT molecular complexity index is 505. The van der Waals surface area contributed by atoms with Gasteiger partial charge in [-0.1, -0.05) is 11.8 Å². The average molecular weight is 293 g/mol. The summed E-state index contributed by atoms with van der Waals surface area (Å²) in [6.45, 7) is 4.43. The summed E-state index contributed by atoms with van der Waals surface area (Å²) in [5.74, 6) is 0.535. The van der Waals surface area contributed by atoms with Crippen molar-refractivity contribution >= 4 is 29.3 Å². The van der Waals surface area contributed by atoms with Crippen molar-refractivity contribution in [3.63, 3.8) is 0 Å². The van der Waals surface area contributed by atoms with Crippen molar-refractivity contribution in [1.82, 2.24) is 10.3 Å². The predicted molar refractivity (Wildman–Crippen MR) is 79.8 cm³/mol. The van der Waals surface area contributed by atoms with Gasteiger partial charge in [-0.15, -0.1) is 0 Å². The van der Waals surface area contributed by atoms with Crippen molar-refractivity contribution < 1.29 is 9.59 Å². The van der Waals surface area contributed by atoms with Crippen LogP contribution in [-0.4, -0.2) is 35.1 Å². The molecule has 6 heteroatoms. The van der Waals surface area contributed by atoms with Gasteiger partial charge in [-0.25, -0.2) is 4.98 Å². The minimum atomic E-state index is 0.0326. The van der Waals surface area contributed by atoms with Gasteiger partial charge >= 0.3 is 0 Å². The van der Waals surface area contributed by atoms with E-state index in [2.05, 4.69) is 10.3 Å². The Labute approximate surface area is 123 Å². The smallest absolute Gasteiger partial charge is 0.237 e. The van der Waals surface area contributed by atoms with Crippen LogP contribution >= 0.6 is 11.8 Å². The summed E-state index contributed by atoms with van der Waals surface area (Å²) in [5.41, 5.74) is 0.859. The first kappa shape index (κ1) is 14.8. The van der Waals surface area contributed by atoms with E-state index in [-0.39, 0.29) is 17.9 Å². The fourth-order valence-corrected chi connectivity index (χ4v) is 2.96. The summed E-state index contributed by atoms with van der Waals surface area (Å²) < 4.78 is 0. The van der Waals surface area contributed by atoms with Crippen LogP contribution in [0.2, 0.25) is 0 Å². The third-order valence-corrected chi connectivity index (χ3v) is 3.89. The number of carbonyl (C=O) groups excluding carboxylic acids is 2. The van der Waals surface area contributed by atoms with Crippen molar-refractivity contribution in [1.29, 1.82) is 0 Å². The van der Waals surface area contributed by atoms with Crippen LogP contribution in [-0.2, 0) is 9.59 Å². The molecular formula is C14H19N3O2S. The average Bonchev–Trinajstić information content (AvgIpc) is 2.40. The summed E-state index contributed by atoms with van der Waals surface area (Å²) in [4.78, 5) is 29.6. The summed E-state index contributed by atoms with van der Waals surface area (Å²) >= 11 is 1.47. The number of aromatic nitrogens is 1. The van der Waals surface area contributed by atoms with E-state index in [1.807, 2.05) is 26.0 Å². The molecular weight excluding hydrogens is 274 g/mol. The molecule has 0 atom stereocenters. The van der Waals surface area contributed by atoms with Crippen molar-refractivity contribution in [2.75, 3.05) is 17.2 Å². The SMILES string of the molecule is CC(C)NC(=O)CCCN1C(=O)CSc2ncccc21. The number of carbonyl (C=O) groups is 2. The number of fused-ring (bicyclic) bond motifs is 1. The highest BCUT2D eigenvalue weighted by Crippen LogP contribution is 2.33. The molecule has 0 aliphatic carbocycles. The molecule has 2 rings (SSSR count). The third-order valence-electron chi connectivity index (χ3n) is 2.91. The van der Waals surface area contributed by atoms with Crippen LogP contribution in [0.4, 0.5) is 5.69 Å². The van der Waals surface area contributed by atoms with Gasteiger partial charge in [0.15, 0.2) is 0 Å². The maximum atomic E-state index is 12.0. The summed E-state index contributed by atoms with van der Waals surface area (Å²) in [7, 11) is 0. The lowest BCUT2D eigenvalue weighted by atomic mass is 10.2. The molecule has 0 aromatic carbocycles. The molecule has 0 saturated carbocycles. The van der Waals surface area contributed by atoms with Gasteiger partial charge in [0, 0.05) is 25.2 Å². The predicted octanol–water partition coefficient (Wildman–Crippen LogP) is 1.83. The highest BCUT2D eigenvalue weighted by molar-refractivity contribution is 8.00. The lowest BCUT2D eigenvalue weighted by Crippen LogP contribution is -2.37. The molecule has 1 aliphatic heterocycles. The molecule has 1 aromatic rings. The number of thioether (sulfide) groups is 1. The molecule has 1 N–H and O–H groups in total. The Kier molecular flexibility index (Phi) is 5.00. The summed E-state index contributed by atoms with van der Waals surface area (Å²) in [5, 5.41) is 3.74. The van der Waals surface area contributed by atoms with E-state index in [4.69, 9.17) is 0 Å². The minimum Gasteiger partial charge on any atom is -0.354 e. The van der Waals surface area contributed by atoms with Crippen LogP contribution < -0.4 is 10.2 Å². The second kappa shape index (κ2) is 6.74. The molecule has 2 heterocycles. The largest absolute Gasteiger partial charge is 0.354 e. The standard InChI is InChI=1S/C14H19N3O2S/c1-10(2)16-12(18)6-4-8-17-11-5-3-7-15-14(11)20-9-13(17)19/h3,5,7,10H,4,6,8-9H2,1-2H3,(H,16,18). The Hall–Kier alpha value is -1.56. The Morgan fingerprint density at radius 2 is 2.35 bits per heavy atom. The number of hydrogen-bond donors (Lipinski definition) is 1. The highest BCUT2D eigenvalue weighted by atomic mass is 32.2. The van der Waals surface area contributed by atoms with E-state index in [1.165, 1.54) is 11.8 Å². The fraction of sp³-hybridized carbons (Fsp3) is 0.500. The Balaban J connectivity index is 1.92. The molecule has 108 valence electrons. The van der Waals surface area contributed by atoms with Gasteiger partial charge < -0.3 is 10.2 Å². The van der Waals surface area contributed by atoms with E-state index in [1.54, 1.807) is 11.1 Å². The van der Waals surface area contributed by atoms with Crippen LogP contribution in [0.3, 0.4) is 0 Å². The lowest BCUT2D eigenvalue weighted by molar-refractivity contribution is -0.122. The maximum Gasteiger partial charge on any atom is 0.237 e. The molecule has 0 bridgehead atoms. The number of nitrogens with one attached hydrogen (secondary N) is 1. The first-order valence-corrected chi connectivity index (χ1v) is 7.74. The zero-order chi connectivity index (χ0) is 14.5. The van der Waals surface area contributed by atoms with Crippen LogP contribution in [0, 0.1) is 0 Å². The molecule has 0 radical (unpaired) electrons. The minimum absolute atomic E-state index is 0.0326. The molecule has 1 aromatic heterocycles. The fourth-order valence-electron chi connectivity index (χ4n) is 2.08. The van der Waals surface area contributed by atoms with Gasteiger partial charge in [-0.3, -0.25) is 9.59 Å². The van der Waals surface area contributed by atoms with Gasteiger partial charge in [0.2, 0.25) is 11.8 Å². The van der Waals surface area contributed by atoms with Crippen molar-refractivity contribution in [2.45, 2.75) is 37.8 Å². The number of nitrogens with zero attached hydrogens (tertiary/aromatic N) is 2. The molecule has 2 amide bonds. The number of anilines is 1. The molecule has 0 saturated heterocycles. The quantitative estimate of drug-likeness (QED) is 0.899. The zero-order valence-electron chi connectivity index (χ0n) is 11.8. The van der Waals surface area contributed by atoms with Gasteiger partial charge in [0.1, 0.15) is 5.03 Å². The van der Waals surface area contributed by atoms with Crippen LogP contribution in [0.15, 0.2) is 23.4 Å². The van der Waals surface area contributed by atoms with Gasteiger partial charge in [-0.05, 0) is 32.4 Å². The topological polar surface area (TPSA) is 62.3 Å². The second-order valence-electron chi connectivity index (χ2n) is 4.99. The Morgan fingerprint density at radius 3 is 3.10 bits per heavy atom. The van der Waals surface area contributed by atoms with E-state index >= 15 is 0 Å². The van der Waals surface area contributed by atoms with Crippen LogP contribution in [0.1, 0.15) is 26.7 Å². The first-order valence-electron chi connectivity index (χ1n) is 6.75. The Morgan fingerprint density at radius 1 is 1.55 bits per heavy atom. The lowest BCUT2D eigenvalue weighted by Gasteiger charge is -2.28. The van der Waals surface area contributed by atoms with Gasteiger partial charge in [-0.2, -0.15) is 0 Å². The number of amides is 2. The molecule has 0 spiro atoms. The number of pyridine rings is 1. The van der Waals surface area contributed by atoms with E-state index in [0.717, 1.165) is 10.7 Å². The third kappa shape index (κ3) is 3.72. The van der Waals surface area contributed by atoms with Gasteiger partial charge in [0.25, 0.3) is 0 Å². The molecule has 0 unspecified atom stereocenters.